The standard InChI is InChI=1S/C17H24ClNO/c1-2-7-19-16-5-3-4-12(16)9-14-11-15(18)10-13-6-8-20-17(13)14/h10-12,16,19H,2-9H2,1H3. The molecule has 0 bridgehead atoms. The highest BCUT2D eigenvalue weighted by Crippen LogP contribution is 2.37. The van der Waals surface area contributed by atoms with Crippen LogP contribution in [0.5, 0.6) is 5.75 Å². The molecule has 1 aromatic rings. The third-order valence-corrected chi connectivity index (χ3v) is 4.84. The number of hydrogen-bond donors (Lipinski definition) is 1. The molecule has 0 aromatic heterocycles. The summed E-state index contributed by atoms with van der Waals surface area (Å²) in [6.45, 7) is 4.17. The Morgan fingerprint density at radius 2 is 2.25 bits per heavy atom. The van der Waals surface area contributed by atoms with Gasteiger partial charge in [-0.15, -0.1) is 0 Å². The van der Waals surface area contributed by atoms with Crippen LogP contribution >= 0.6 is 11.6 Å². The number of hydrogen-bond acceptors (Lipinski definition) is 2. The van der Waals surface area contributed by atoms with Crippen molar-refractivity contribution >= 4 is 11.6 Å². The van der Waals surface area contributed by atoms with Crippen LogP contribution in [0, 0.1) is 5.92 Å². The summed E-state index contributed by atoms with van der Waals surface area (Å²) in [6, 6.07) is 4.85. The SMILES string of the molecule is CCCNC1CCCC1Cc1cc(Cl)cc2c1OCC2. The minimum atomic E-state index is 0.672. The van der Waals surface area contributed by atoms with E-state index in [1.54, 1.807) is 0 Å². The van der Waals surface area contributed by atoms with E-state index < -0.39 is 0 Å². The van der Waals surface area contributed by atoms with Crippen LogP contribution in [0.3, 0.4) is 0 Å². The highest BCUT2D eigenvalue weighted by atomic mass is 35.5. The van der Waals surface area contributed by atoms with Crippen LogP contribution in [0.25, 0.3) is 0 Å². The van der Waals surface area contributed by atoms with Crippen LogP contribution in [-0.2, 0) is 12.8 Å². The summed E-state index contributed by atoms with van der Waals surface area (Å²) in [6.07, 6.45) is 7.29. The van der Waals surface area contributed by atoms with Crippen molar-refractivity contribution < 1.29 is 4.74 Å². The molecule has 110 valence electrons. The van der Waals surface area contributed by atoms with Gasteiger partial charge >= 0.3 is 0 Å². The molecule has 1 N–H and O–H groups in total. The normalized spacial score (nSPS) is 24.7. The van der Waals surface area contributed by atoms with E-state index in [9.17, 15) is 0 Å². The van der Waals surface area contributed by atoms with E-state index in [2.05, 4.69) is 24.4 Å². The molecule has 0 saturated heterocycles. The first kappa shape index (κ1) is 14.2. The zero-order valence-electron chi connectivity index (χ0n) is 12.3. The lowest BCUT2D eigenvalue weighted by molar-refractivity contribution is 0.346. The number of halogens is 1. The molecule has 1 aliphatic carbocycles. The van der Waals surface area contributed by atoms with Crippen molar-refractivity contribution in [3.63, 3.8) is 0 Å². The van der Waals surface area contributed by atoms with E-state index >= 15 is 0 Å². The first-order valence-electron chi connectivity index (χ1n) is 7.95. The predicted octanol–water partition coefficient (Wildman–Crippen LogP) is 3.99. The molecule has 0 radical (unpaired) electrons. The number of benzene rings is 1. The van der Waals surface area contributed by atoms with Gasteiger partial charge in [0.2, 0.25) is 0 Å². The molecule has 2 nitrogen and oxygen atoms in total. The van der Waals surface area contributed by atoms with Crippen LogP contribution in [0.1, 0.15) is 43.7 Å². The summed E-state index contributed by atoms with van der Waals surface area (Å²) in [7, 11) is 0. The van der Waals surface area contributed by atoms with Gasteiger partial charge in [0.1, 0.15) is 5.75 Å². The molecule has 20 heavy (non-hydrogen) atoms. The first-order chi connectivity index (χ1) is 9.78. The Labute approximate surface area is 126 Å². The van der Waals surface area contributed by atoms with Crippen LogP contribution in [0.15, 0.2) is 12.1 Å². The number of ether oxygens (including phenoxy) is 1. The minimum Gasteiger partial charge on any atom is -0.493 e. The van der Waals surface area contributed by atoms with Crippen molar-refractivity contribution in [3.8, 4) is 5.75 Å². The molecule has 0 amide bonds. The number of nitrogens with one attached hydrogen (secondary N) is 1. The molecule has 1 aliphatic heterocycles. The van der Waals surface area contributed by atoms with Crippen LogP contribution in [0.2, 0.25) is 5.02 Å². The first-order valence-corrected chi connectivity index (χ1v) is 8.33. The minimum absolute atomic E-state index is 0.672. The Balaban J connectivity index is 1.74. The quantitative estimate of drug-likeness (QED) is 0.886. The number of fused-ring (bicyclic) bond motifs is 1. The molecule has 2 unspecified atom stereocenters. The van der Waals surface area contributed by atoms with Gasteiger partial charge < -0.3 is 10.1 Å². The Morgan fingerprint density at radius 1 is 1.35 bits per heavy atom. The summed E-state index contributed by atoms with van der Waals surface area (Å²) in [5.41, 5.74) is 2.61. The topological polar surface area (TPSA) is 21.3 Å². The van der Waals surface area contributed by atoms with Crippen molar-refractivity contribution in [1.82, 2.24) is 5.32 Å². The largest absolute Gasteiger partial charge is 0.493 e. The van der Waals surface area contributed by atoms with Crippen molar-refractivity contribution in [3.05, 3.63) is 28.3 Å². The van der Waals surface area contributed by atoms with E-state index in [0.29, 0.717) is 6.04 Å². The monoisotopic (exact) mass is 293 g/mol. The molecule has 0 spiro atoms. The Morgan fingerprint density at radius 3 is 3.10 bits per heavy atom. The van der Waals surface area contributed by atoms with Crippen LogP contribution in [0.4, 0.5) is 0 Å². The molecule has 1 saturated carbocycles. The van der Waals surface area contributed by atoms with Gasteiger partial charge in [-0.3, -0.25) is 0 Å². The van der Waals surface area contributed by atoms with Gasteiger partial charge in [0.25, 0.3) is 0 Å². The van der Waals surface area contributed by atoms with Gasteiger partial charge in [-0.05, 0) is 61.4 Å². The zero-order chi connectivity index (χ0) is 13.9. The second kappa shape index (κ2) is 6.36. The maximum atomic E-state index is 6.26. The van der Waals surface area contributed by atoms with Crippen LogP contribution in [-0.4, -0.2) is 19.2 Å². The Kier molecular flexibility index (Phi) is 4.52. The summed E-state index contributed by atoms with van der Waals surface area (Å²) < 4.78 is 5.83. The molecule has 3 rings (SSSR count). The van der Waals surface area contributed by atoms with Gasteiger partial charge in [0.15, 0.2) is 0 Å². The molecule has 2 atom stereocenters. The van der Waals surface area contributed by atoms with E-state index in [1.165, 1.54) is 36.8 Å². The van der Waals surface area contributed by atoms with Gasteiger partial charge in [0, 0.05) is 17.5 Å². The fraction of sp³-hybridized carbons (Fsp3) is 0.647. The van der Waals surface area contributed by atoms with Crippen molar-refractivity contribution in [1.29, 1.82) is 0 Å². The summed E-state index contributed by atoms with van der Waals surface area (Å²) in [5.74, 6) is 1.85. The van der Waals surface area contributed by atoms with E-state index in [0.717, 1.165) is 42.7 Å². The fourth-order valence-corrected chi connectivity index (χ4v) is 3.92. The molecule has 1 aromatic carbocycles. The third kappa shape index (κ3) is 2.96. The lowest BCUT2D eigenvalue weighted by Crippen LogP contribution is -2.33. The predicted molar refractivity (Wildman–Crippen MR) is 83.8 cm³/mol. The fourth-order valence-electron chi connectivity index (χ4n) is 3.66. The molecule has 1 heterocycles. The maximum absolute atomic E-state index is 6.26. The number of rotatable bonds is 5. The summed E-state index contributed by atoms with van der Waals surface area (Å²) in [4.78, 5) is 0. The lowest BCUT2D eigenvalue weighted by Gasteiger charge is -2.22. The maximum Gasteiger partial charge on any atom is 0.125 e. The third-order valence-electron chi connectivity index (χ3n) is 4.62. The average molecular weight is 294 g/mol. The molecule has 1 fully saturated rings. The Hall–Kier alpha value is -0.730. The lowest BCUT2D eigenvalue weighted by atomic mass is 9.93. The van der Waals surface area contributed by atoms with Gasteiger partial charge in [-0.25, -0.2) is 0 Å². The van der Waals surface area contributed by atoms with Crippen molar-refractivity contribution in [2.24, 2.45) is 5.92 Å². The second-order valence-corrected chi connectivity index (χ2v) is 6.54. The molecule has 3 heteroatoms. The second-order valence-electron chi connectivity index (χ2n) is 6.11. The van der Waals surface area contributed by atoms with Crippen molar-refractivity contribution in [2.45, 2.75) is 51.5 Å². The smallest absolute Gasteiger partial charge is 0.125 e. The van der Waals surface area contributed by atoms with Gasteiger partial charge in [0.05, 0.1) is 6.61 Å². The zero-order valence-corrected chi connectivity index (χ0v) is 13.0. The highest BCUT2D eigenvalue weighted by molar-refractivity contribution is 6.30. The Bertz CT molecular complexity index is 474. The molecular formula is C17H24ClNO. The highest BCUT2D eigenvalue weighted by Gasteiger charge is 2.28. The summed E-state index contributed by atoms with van der Waals surface area (Å²) >= 11 is 6.26. The van der Waals surface area contributed by atoms with Crippen LogP contribution < -0.4 is 10.1 Å². The van der Waals surface area contributed by atoms with Gasteiger partial charge in [-0.1, -0.05) is 24.9 Å². The van der Waals surface area contributed by atoms with Crippen molar-refractivity contribution in [2.75, 3.05) is 13.2 Å². The van der Waals surface area contributed by atoms with Gasteiger partial charge in [-0.2, -0.15) is 0 Å². The van der Waals surface area contributed by atoms with E-state index in [4.69, 9.17) is 16.3 Å². The molecule has 2 aliphatic rings. The van der Waals surface area contributed by atoms with E-state index in [1.807, 2.05) is 0 Å². The summed E-state index contributed by atoms with van der Waals surface area (Å²) in [5, 5.41) is 4.57. The molecular weight excluding hydrogens is 270 g/mol. The van der Waals surface area contributed by atoms with E-state index in [-0.39, 0.29) is 0 Å². The average Bonchev–Trinajstić information content (AvgIpc) is 3.05.